The Kier molecular flexibility index (Phi) is 4.67. The van der Waals surface area contributed by atoms with E-state index in [1.165, 1.54) is 6.92 Å². The molecule has 1 aromatic heterocycles. The van der Waals surface area contributed by atoms with Crippen LogP contribution in [0.2, 0.25) is 0 Å². The quantitative estimate of drug-likeness (QED) is 0.662. The van der Waals surface area contributed by atoms with Gasteiger partial charge in [-0.15, -0.1) is 11.3 Å². The first kappa shape index (κ1) is 16.9. The molecule has 0 spiro atoms. The lowest BCUT2D eigenvalue weighted by Crippen LogP contribution is -2.40. The molecule has 2 amide bonds. The third-order valence-corrected chi connectivity index (χ3v) is 4.82. The highest BCUT2D eigenvalue weighted by Crippen LogP contribution is 2.31. The average Bonchev–Trinajstić information content (AvgIpc) is 3.00. The topological polar surface area (TPSA) is 91.3 Å². The van der Waals surface area contributed by atoms with Crippen LogP contribution in [0.1, 0.15) is 12.5 Å². The predicted octanol–water partition coefficient (Wildman–Crippen LogP) is 3.87. The van der Waals surface area contributed by atoms with E-state index in [1.54, 1.807) is 17.4 Å². The van der Waals surface area contributed by atoms with Crippen LogP contribution < -0.4 is 10.6 Å². The molecule has 3 N–H and O–H groups in total. The molecule has 0 saturated heterocycles. The number of nitrogens with zero attached hydrogens (tertiary/aromatic N) is 1. The van der Waals surface area contributed by atoms with E-state index in [0.29, 0.717) is 5.69 Å². The van der Waals surface area contributed by atoms with Crippen LogP contribution >= 0.6 is 11.3 Å². The van der Waals surface area contributed by atoms with E-state index in [0.717, 1.165) is 26.4 Å². The number of para-hydroxylation sites is 1. The Hall–Kier alpha value is -2.93. The van der Waals surface area contributed by atoms with Gasteiger partial charge in [0.05, 0.1) is 10.2 Å². The number of aliphatic carboxylic acids is 1. The third-order valence-electron chi connectivity index (χ3n) is 3.73. The van der Waals surface area contributed by atoms with Crippen molar-refractivity contribution < 1.29 is 14.7 Å². The first-order valence-electron chi connectivity index (χ1n) is 7.71. The van der Waals surface area contributed by atoms with Gasteiger partial charge in [0.15, 0.2) is 0 Å². The highest BCUT2D eigenvalue weighted by atomic mass is 32.1. The van der Waals surface area contributed by atoms with Crippen LogP contribution in [0, 0.1) is 6.92 Å². The van der Waals surface area contributed by atoms with Crippen LogP contribution in [0.15, 0.2) is 42.5 Å². The molecule has 0 aliphatic carbocycles. The second-order valence-electron chi connectivity index (χ2n) is 5.67. The first-order valence-corrected chi connectivity index (χ1v) is 8.52. The Morgan fingerprint density at radius 1 is 1.20 bits per heavy atom. The molecule has 0 fully saturated rings. The Morgan fingerprint density at radius 3 is 2.64 bits per heavy atom. The lowest BCUT2D eigenvalue weighted by molar-refractivity contribution is -0.138. The summed E-state index contributed by atoms with van der Waals surface area (Å²) in [6.45, 7) is 3.29. The molecule has 1 heterocycles. The highest BCUT2D eigenvalue weighted by Gasteiger charge is 2.15. The van der Waals surface area contributed by atoms with Crippen molar-refractivity contribution in [1.29, 1.82) is 0 Å². The Labute approximate surface area is 148 Å². The number of urea groups is 1. The summed E-state index contributed by atoms with van der Waals surface area (Å²) >= 11 is 1.61. The maximum absolute atomic E-state index is 11.9. The lowest BCUT2D eigenvalue weighted by atomic mass is 10.1. The lowest BCUT2D eigenvalue weighted by Gasteiger charge is -2.13. The van der Waals surface area contributed by atoms with E-state index in [4.69, 9.17) is 5.11 Å². The van der Waals surface area contributed by atoms with Crippen LogP contribution in [0.25, 0.3) is 20.8 Å². The van der Waals surface area contributed by atoms with E-state index in [-0.39, 0.29) is 0 Å². The van der Waals surface area contributed by atoms with E-state index >= 15 is 0 Å². The third kappa shape index (κ3) is 3.77. The van der Waals surface area contributed by atoms with Crippen LogP contribution in [-0.2, 0) is 4.79 Å². The molecule has 6 nitrogen and oxygen atoms in total. The Morgan fingerprint density at radius 2 is 1.96 bits per heavy atom. The minimum absolute atomic E-state index is 0.550. The number of amides is 2. The molecule has 3 aromatic rings. The number of hydrogen-bond acceptors (Lipinski definition) is 4. The monoisotopic (exact) mass is 355 g/mol. The van der Waals surface area contributed by atoms with Gasteiger partial charge < -0.3 is 15.7 Å². The zero-order chi connectivity index (χ0) is 18.0. The molecule has 3 rings (SSSR count). The fourth-order valence-corrected chi connectivity index (χ4v) is 3.31. The molecule has 1 unspecified atom stereocenters. The summed E-state index contributed by atoms with van der Waals surface area (Å²) in [5.74, 6) is -1.09. The van der Waals surface area contributed by atoms with Crippen molar-refractivity contribution in [2.75, 3.05) is 5.32 Å². The van der Waals surface area contributed by atoms with Gasteiger partial charge in [0.25, 0.3) is 0 Å². The molecule has 0 bridgehead atoms. The van der Waals surface area contributed by atoms with Gasteiger partial charge in [-0.3, -0.25) is 4.79 Å². The van der Waals surface area contributed by atoms with Gasteiger partial charge in [-0.25, -0.2) is 9.78 Å². The summed E-state index contributed by atoms with van der Waals surface area (Å²) in [6, 6.07) is 12.1. The molecule has 128 valence electrons. The van der Waals surface area contributed by atoms with Crippen LogP contribution in [0.5, 0.6) is 0 Å². The molecule has 2 aromatic carbocycles. The zero-order valence-corrected chi connectivity index (χ0v) is 14.6. The van der Waals surface area contributed by atoms with Crippen molar-refractivity contribution in [2.24, 2.45) is 0 Å². The Bertz CT molecular complexity index is 919. The van der Waals surface area contributed by atoms with Gasteiger partial charge >= 0.3 is 12.0 Å². The fourth-order valence-electron chi connectivity index (χ4n) is 2.35. The van der Waals surface area contributed by atoms with Crippen molar-refractivity contribution >= 4 is 39.2 Å². The molecule has 0 radical (unpaired) electrons. The summed E-state index contributed by atoms with van der Waals surface area (Å²) in [7, 11) is 0. The van der Waals surface area contributed by atoms with Gasteiger partial charge in [-0.2, -0.15) is 0 Å². The second-order valence-corrected chi connectivity index (χ2v) is 6.71. The number of benzene rings is 2. The van der Waals surface area contributed by atoms with E-state index in [1.807, 2.05) is 43.3 Å². The summed E-state index contributed by atoms with van der Waals surface area (Å²) in [6.07, 6.45) is 0. The maximum atomic E-state index is 11.9. The standard InChI is InChI=1S/C18H17N3O3S/c1-10-9-12(16-20-14-5-3-4-6-15(14)25-16)7-8-13(10)21-18(24)19-11(2)17(22)23/h3-9,11H,1-2H3,(H,22,23)(H2,19,21,24). The van der Waals surface area contributed by atoms with Gasteiger partial charge in [0.1, 0.15) is 11.0 Å². The number of carbonyl (C=O) groups excluding carboxylic acids is 1. The minimum atomic E-state index is -1.09. The second kappa shape index (κ2) is 6.90. The van der Waals surface area contributed by atoms with Crippen molar-refractivity contribution in [1.82, 2.24) is 10.3 Å². The summed E-state index contributed by atoms with van der Waals surface area (Å²) in [5.41, 5.74) is 3.43. The molecule has 0 aliphatic heterocycles. The SMILES string of the molecule is Cc1cc(-c2nc3ccccc3s2)ccc1NC(=O)NC(C)C(=O)O. The van der Waals surface area contributed by atoms with E-state index < -0.39 is 18.0 Å². The minimum Gasteiger partial charge on any atom is -0.480 e. The molecule has 0 saturated carbocycles. The molecular formula is C18H17N3O3S. The molecule has 1 atom stereocenters. The van der Waals surface area contributed by atoms with Crippen molar-refractivity contribution in [3.8, 4) is 10.6 Å². The number of rotatable bonds is 4. The highest BCUT2D eigenvalue weighted by molar-refractivity contribution is 7.21. The number of fused-ring (bicyclic) bond motifs is 1. The van der Waals surface area contributed by atoms with Crippen LogP contribution in [0.3, 0.4) is 0 Å². The number of anilines is 1. The van der Waals surface area contributed by atoms with E-state index in [9.17, 15) is 9.59 Å². The fraction of sp³-hybridized carbons (Fsp3) is 0.167. The molecule has 25 heavy (non-hydrogen) atoms. The number of aryl methyl sites for hydroxylation is 1. The average molecular weight is 355 g/mol. The summed E-state index contributed by atoms with van der Waals surface area (Å²) < 4.78 is 1.12. The first-order chi connectivity index (χ1) is 11.9. The van der Waals surface area contributed by atoms with Gasteiger partial charge in [0.2, 0.25) is 0 Å². The normalized spacial score (nSPS) is 11.9. The number of hydrogen-bond donors (Lipinski definition) is 3. The number of carbonyl (C=O) groups is 2. The maximum Gasteiger partial charge on any atom is 0.325 e. The van der Waals surface area contributed by atoms with Crippen molar-refractivity contribution in [3.63, 3.8) is 0 Å². The van der Waals surface area contributed by atoms with Gasteiger partial charge in [0, 0.05) is 11.3 Å². The van der Waals surface area contributed by atoms with Crippen molar-refractivity contribution in [3.05, 3.63) is 48.0 Å². The predicted molar refractivity (Wildman–Crippen MR) is 99.0 cm³/mol. The zero-order valence-electron chi connectivity index (χ0n) is 13.7. The number of carboxylic acid groups (broad SMARTS) is 1. The Balaban J connectivity index is 1.78. The van der Waals surface area contributed by atoms with E-state index in [2.05, 4.69) is 15.6 Å². The summed E-state index contributed by atoms with van der Waals surface area (Å²) in [5, 5.41) is 14.8. The largest absolute Gasteiger partial charge is 0.480 e. The van der Waals surface area contributed by atoms with Gasteiger partial charge in [-0.1, -0.05) is 12.1 Å². The smallest absolute Gasteiger partial charge is 0.325 e. The van der Waals surface area contributed by atoms with Crippen LogP contribution in [-0.4, -0.2) is 28.1 Å². The van der Waals surface area contributed by atoms with Gasteiger partial charge in [-0.05, 0) is 49.7 Å². The van der Waals surface area contributed by atoms with Crippen molar-refractivity contribution in [2.45, 2.75) is 19.9 Å². The number of aromatic nitrogens is 1. The molecular weight excluding hydrogens is 338 g/mol. The number of thiazole rings is 1. The molecule has 7 heteroatoms. The molecule has 0 aliphatic rings. The summed E-state index contributed by atoms with van der Waals surface area (Å²) in [4.78, 5) is 27.3. The number of carboxylic acids is 1. The number of nitrogens with one attached hydrogen (secondary N) is 2. The van der Waals surface area contributed by atoms with Crippen LogP contribution in [0.4, 0.5) is 10.5 Å².